The molecule has 5 rings (SSSR count). The van der Waals surface area contributed by atoms with Crippen LogP contribution in [0.3, 0.4) is 0 Å². The highest BCUT2D eigenvalue weighted by Crippen LogP contribution is 2.36. The Morgan fingerprint density at radius 2 is 1.89 bits per heavy atom. The minimum atomic E-state index is -0.865. The van der Waals surface area contributed by atoms with Gasteiger partial charge in [-0.15, -0.1) is 0 Å². The van der Waals surface area contributed by atoms with Gasteiger partial charge in [0, 0.05) is 36.8 Å². The van der Waals surface area contributed by atoms with Gasteiger partial charge in [0.15, 0.2) is 17.3 Å². The van der Waals surface area contributed by atoms with E-state index in [9.17, 15) is 9.90 Å². The fourth-order valence-electron chi connectivity index (χ4n) is 5.33. The van der Waals surface area contributed by atoms with Gasteiger partial charge in [-0.05, 0) is 73.9 Å². The predicted octanol–water partition coefficient (Wildman–Crippen LogP) is 5.34. The first-order chi connectivity index (χ1) is 17.5. The number of nitrogens with one attached hydrogen (secondary N) is 1. The molecule has 1 saturated heterocycles. The molecule has 2 aromatic carbocycles. The molecule has 1 unspecified atom stereocenters. The third-order valence-corrected chi connectivity index (χ3v) is 7.50. The second-order valence-corrected chi connectivity index (χ2v) is 9.87. The SMILES string of the molecule is COc1ccc(NC(=O)c2cc3cc(C4(O)CCN(CC5CC=CCC5)CC4)ccc3o2)cc1OC. The van der Waals surface area contributed by atoms with Gasteiger partial charge in [0.1, 0.15) is 5.58 Å². The molecule has 0 radical (unpaired) electrons. The van der Waals surface area contributed by atoms with Crippen molar-refractivity contribution >= 4 is 22.6 Å². The first-order valence-corrected chi connectivity index (χ1v) is 12.6. The largest absolute Gasteiger partial charge is 0.493 e. The summed E-state index contributed by atoms with van der Waals surface area (Å²) in [5.74, 6) is 1.69. The van der Waals surface area contributed by atoms with E-state index in [4.69, 9.17) is 13.9 Å². The average molecular weight is 491 g/mol. The van der Waals surface area contributed by atoms with Crippen LogP contribution in [0, 0.1) is 5.92 Å². The molecule has 1 fully saturated rings. The summed E-state index contributed by atoms with van der Waals surface area (Å²) >= 11 is 0. The first-order valence-electron chi connectivity index (χ1n) is 12.6. The van der Waals surface area contributed by atoms with Gasteiger partial charge in [0.2, 0.25) is 0 Å². The van der Waals surface area contributed by atoms with Gasteiger partial charge < -0.3 is 29.2 Å². The van der Waals surface area contributed by atoms with Crippen molar-refractivity contribution in [1.82, 2.24) is 4.90 Å². The third-order valence-electron chi connectivity index (χ3n) is 7.50. The van der Waals surface area contributed by atoms with Crippen molar-refractivity contribution < 1.29 is 23.8 Å². The number of aliphatic hydroxyl groups is 1. The van der Waals surface area contributed by atoms with Gasteiger partial charge in [0.25, 0.3) is 5.91 Å². The molecule has 7 nitrogen and oxygen atoms in total. The standard InChI is InChI=1S/C29H34N2O5/c1-34-25-11-9-23(18-26(25)35-2)30-28(32)27-17-21-16-22(8-10-24(21)36-27)29(33)12-14-31(15-13-29)19-20-6-4-3-5-7-20/h3-4,8-11,16-18,20,33H,5-7,12-15,19H2,1-2H3,(H,30,32). The van der Waals surface area contributed by atoms with Crippen molar-refractivity contribution in [1.29, 1.82) is 0 Å². The summed E-state index contributed by atoms with van der Waals surface area (Å²) in [4.78, 5) is 15.3. The molecule has 1 aliphatic carbocycles. The molecule has 3 aromatic rings. The Hall–Kier alpha value is -3.29. The van der Waals surface area contributed by atoms with E-state index in [1.165, 1.54) is 19.3 Å². The number of hydrogen-bond acceptors (Lipinski definition) is 6. The Labute approximate surface area is 211 Å². The summed E-state index contributed by atoms with van der Waals surface area (Å²) in [6, 6.07) is 12.6. The fourth-order valence-corrected chi connectivity index (χ4v) is 5.33. The summed E-state index contributed by atoms with van der Waals surface area (Å²) in [6.07, 6.45) is 9.59. The number of likely N-dealkylation sites (tertiary alicyclic amines) is 1. The summed E-state index contributed by atoms with van der Waals surface area (Å²) in [6.45, 7) is 2.89. The Balaban J connectivity index is 1.26. The molecule has 7 heteroatoms. The number of fused-ring (bicyclic) bond motifs is 1. The second kappa shape index (κ2) is 10.4. The number of hydrogen-bond donors (Lipinski definition) is 2. The molecule has 0 saturated carbocycles. The van der Waals surface area contributed by atoms with Crippen LogP contribution in [0.2, 0.25) is 0 Å². The summed E-state index contributed by atoms with van der Waals surface area (Å²) in [7, 11) is 3.11. The number of furan rings is 1. The van der Waals surface area contributed by atoms with Crippen LogP contribution >= 0.6 is 0 Å². The number of methoxy groups -OCH3 is 2. The zero-order chi connectivity index (χ0) is 25.1. The Morgan fingerprint density at radius 1 is 1.08 bits per heavy atom. The monoisotopic (exact) mass is 490 g/mol. The number of benzene rings is 2. The van der Waals surface area contributed by atoms with Crippen LogP contribution in [0.5, 0.6) is 11.5 Å². The number of anilines is 1. The highest BCUT2D eigenvalue weighted by molar-refractivity contribution is 6.04. The average Bonchev–Trinajstić information content (AvgIpc) is 3.34. The summed E-state index contributed by atoms with van der Waals surface area (Å²) in [5.41, 5.74) is 1.20. The maximum atomic E-state index is 12.9. The lowest BCUT2D eigenvalue weighted by atomic mass is 9.83. The molecule has 1 amide bonds. The molecule has 2 N–H and O–H groups in total. The molecule has 0 bridgehead atoms. The van der Waals surface area contributed by atoms with E-state index in [1.54, 1.807) is 38.5 Å². The number of rotatable bonds is 7. The van der Waals surface area contributed by atoms with Gasteiger partial charge in [-0.1, -0.05) is 18.2 Å². The fraction of sp³-hybridized carbons (Fsp3) is 0.414. The Kier molecular flexibility index (Phi) is 7.03. The van der Waals surface area contributed by atoms with E-state index in [-0.39, 0.29) is 11.7 Å². The molecule has 190 valence electrons. The number of allylic oxidation sites excluding steroid dienone is 2. The smallest absolute Gasteiger partial charge is 0.291 e. The number of amides is 1. The summed E-state index contributed by atoms with van der Waals surface area (Å²) < 4.78 is 16.4. The number of ether oxygens (including phenoxy) is 2. The molecule has 2 aliphatic rings. The van der Waals surface area contributed by atoms with Crippen molar-refractivity contribution in [2.45, 2.75) is 37.7 Å². The van der Waals surface area contributed by atoms with Crippen molar-refractivity contribution in [3.63, 3.8) is 0 Å². The molecule has 2 heterocycles. The van der Waals surface area contributed by atoms with Gasteiger partial charge in [-0.3, -0.25) is 4.79 Å². The van der Waals surface area contributed by atoms with Gasteiger partial charge >= 0.3 is 0 Å². The molecule has 1 aliphatic heterocycles. The normalized spacial score (nSPS) is 19.8. The minimum Gasteiger partial charge on any atom is -0.493 e. The number of carbonyl (C=O) groups is 1. The second-order valence-electron chi connectivity index (χ2n) is 9.87. The van der Waals surface area contributed by atoms with Gasteiger partial charge in [-0.2, -0.15) is 0 Å². The van der Waals surface area contributed by atoms with Crippen molar-refractivity contribution in [2.75, 3.05) is 39.2 Å². The molecular weight excluding hydrogens is 456 g/mol. The highest BCUT2D eigenvalue weighted by Gasteiger charge is 2.35. The van der Waals surface area contributed by atoms with Crippen molar-refractivity contribution in [3.05, 3.63) is 65.9 Å². The number of piperidine rings is 1. The van der Waals surface area contributed by atoms with Crippen LogP contribution in [0.1, 0.15) is 48.2 Å². The topological polar surface area (TPSA) is 84.2 Å². The quantitative estimate of drug-likeness (QED) is 0.435. The number of nitrogens with zero attached hydrogens (tertiary/aromatic N) is 1. The maximum Gasteiger partial charge on any atom is 0.291 e. The Bertz CT molecular complexity index is 1260. The maximum absolute atomic E-state index is 12.9. The van der Waals surface area contributed by atoms with E-state index in [2.05, 4.69) is 22.4 Å². The molecular formula is C29H34N2O5. The van der Waals surface area contributed by atoms with E-state index in [1.807, 2.05) is 18.2 Å². The predicted molar refractivity (Wildman–Crippen MR) is 140 cm³/mol. The zero-order valence-corrected chi connectivity index (χ0v) is 21.0. The lowest BCUT2D eigenvalue weighted by Gasteiger charge is -2.40. The lowest BCUT2D eigenvalue weighted by Crippen LogP contribution is -2.44. The van der Waals surface area contributed by atoms with Crippen molar-refractivity contribution in [3.8, 4) is 11.5 Å². The number of carbonyl (C=O) groups excluding carboxylic acids is 1. The minimum absolute atomic E-state index is 0.209. The van der Waals surface area contributed by atoms with Gasteiger partial charge in [-0.25, -0.2) is 0 Å². The van der Waals surface area contributed by atoms with Crippen molar-refractivity contribution in [2.24, 2.45) is 5.92 Å². The van der Waals surface area contributed by atoms with Crippen LogP contribution in [0.15, 0.2) is 59.0 Å². The summed E-state index contributed by atoms with van der Waals surface area (Å²) in [5, 5.41) is 15.1. The Morgan fingerprint density at radius 3 is 2.61 bits per heavy atom. The van der Waals surface area contributed by atoms with Crippen LogP contribution in [0.25, 0.3) is 11.0 Å². The van der Waals surface area contributed by atoms with E-state index in [0.29, 0.717) is 35.6 Å². The van der Waals surface area contributed by atoms with E-state index >= 15 is 0 Å². The van der Waals surface area contributed by atoms with E-state index < -0.39 is 5.60 Å². The lowest BCUT2D eigenvalue weighted by molar-refractivity contribution is -0.0289. The third kappa shape index (κ3) is 5.13. The molecule has 1 aromatic heterocycles. The first kappa shape index (κ1) is 24.4. The highest BCUT2D eigenvalue weighted by atomic mass is 16.5. The molecule has 1 atom stereocenters. The molecule has 0 spiro atoms. The van der Waals surface area contributed by atoms with Crippen LogP contribution in [-0.4, -0.2) is 49.8 Å². The van der Waals surface area contributed by atoms with Crippen LogP contribution in [-0.2, 0) is 5.60 Å². The van der Waals surface area contributed by atoms with Crippen LogP contribution in [0.4, 0.5) is 5.69 Å². The van der Waals surface area contributed by atoms with E-state index in [0.717, 1.165) is 36.5 Å². The van der Waals surface area contributed by atoms with Gasteiger partial charge in [0.05, 0.1) is 19.8 Å². The molecule has 36 heavy (non-hydrogen) atoms. The zero-order valence-electron chi connectivity index (χ0n) is 21.0. The van der Waals surface area contributed by atoms with Crippen LogP contribution < -0.4 is 14.8 Å².